The van der Waals surface area contributed by atoms with Crippen LogP contribution in [0.1, 0.15) is 6.42 Å². The van der Waals surface area contributed by atoms with Crippen molar-refractivity contribution in [1.29, 1.82) is 0 Å². The molecule has 0 fully saturated rings. The number of fused-ring (bicyclic) bond motifs is 1. The zero-order chi connectivity index (χ0) is 14.8. The molecule has 0 saturated heterocycles. The summed E-state index contributed by atoms with van der Waals surface area (Å²) in [4.78, 5) is 16.2. The van der Waals surface area contributed by atoms with E-state index in [4.69, 9.17) is 17.3 Å². The molecule has 3 rings (SSSR count). The second kappa shape index (κ2) is 5.71. The number of carbonyl (C=O) groups is 1. The standard InChI is InChI=1S/C13H12ClN5OS/c14-8-6-16-19(7-8)4-3-12(20)18-13-17-10-2-1-9(15)5-11(10)21-13/h1-2,5-7H,3-4,15H2,(H,17,18,20). The van der Waals surface area contributed by atoms with Crippen LogP contribution in [0.25, 0.3) is 10.2 Å². The number of amides is 1. The zero-order valence-electron chi connectivity index (χ0n) is 10.9. The fourth-order valence-corrected chi connectivity index (χ4v) is 2.94. The number of hydrogen-bond acceptors (Lipinski definition) is 5. The van der Waals surface area contributed by atoms with Crippen LogP contribution < -0.4 is 11.1 Å². The van der Waals surface area contributed by atoms with Crippen LogP contribution in [0.2, 0.25) is 5.02 Å². The fourth-order valence-electron chi connectivity index (χ4n) is 1.85. The number of nitrogens with zero attached hydrogens (tertiary/aromatic N) is 3. The molecule has 8 heteroatoms. The summed E-state index contributed by atoms with van der Waals surface area (Å²) in [5.74, 6) is -0.117. The lowest BCUT2D eigenvalue weighted by atomic mass is 10.3. The van der Waals surface area contributed by atoms with Crippen molar-refractivity contribution < 1.29 is 4.79 Å². The molecule has 0 spiro atoms. The Balaban J connectivity index is 1.63. The molecule has 2 aromatic heterocycles. The molecule has 0 saturated carbocycles. The molecule has 3 aromatic rings. The van der Waals surface area contributed by atoms with Crippen molar-refractivity contribution in [3.63, 3.8) is 0 Å². The van der Waals surface area contributed by atoms with Gasteiger partial charge in [-0.25, -0.2) is 4.98 Å². The Hall–Kier alpha value is -2.12. The van der Waals surface area contributed by atoms with E-state index in [2.05, 4.69) is 15.4 Å². The summed E-state index contributed by atoms with van der Waals surface area (Å²) < 4.78 is 2.57. The highest BCUT2D eigenvalue weighted by Crippen LogP contribution is 2.27. The van der Waals surface area contributed by atoms with Gasteiger partial charge in [-0.3, -0.25) is 9.48 Å². The van der Waals surface area contributed by atoms with Crippen molar-refractivity contribution in [2.75, 3.05) is 11.1 Å². The number of carbonyl (C=O) groups excluding carboxylic acids is 1. The highest BCUT2D eigenvalue weighted by molar-refractivity contribution is 7.22. The summed E-state index contributed by atoms with van der Waals surface area (Å²) in [6, 6.07) is 5.46. The van der Waals surface area contributed by atoms with Crippen LogP contribution in [0, 0.1) is 0 Å². The predicted octanol–water partition coefficient (Wildman–Crippen LogP) is 2.76. The lowest BCUT2D eigenvalue weighted by Crippen LogP contribution is -2.14. The summed E-state index contributed by atoms with van der Waals surface area (Å²) in [7, 11) is 0. The van der Waals surface area contributed by atoms with Crippen molar-refractivity contribution in [2.24, 2.45) is 0 Å². The number of aryl methyl sites for hydroxylation is 1. The first kappa shape index (κ1) is 13.8. The van der Waals surface area contributed by atoms with Crippen molar-refractivity contribution >= 4 is 49.9 Å². The third-order valence-corrected chi connectivity index (χ3v) is 3.96. The Bertz CT molecular complexity index is 797. The molecule has 1 aromatic carbocycles. The number of nitrogen functional groups attached to an aromatic ring is 1. The van der Waals surface area contributed by atoms with Crippen LogP contribution in [-0.4, -0.2) is 20.7 Å². The van der Waals surface area contributed by atoms with Gasteiger partial charge in [-0.05, 0) is 18.2 Å². The molecule has 21 heavy (non-hydrogen) atoms. The molecule has 0 aliphatic heterocycles. The Morgan fingerprint density at radius 3 is 3.10 bits per heavy atom. The van der Waals surface area contributed by atoms with E-state index in [0.29, 0.717) is 28.8 Å². The number of aromatic nitrogens is 3. The largest absolute Gasteiger partial charge is 0.399 e. The van der Waals surface area contributed by atoms with Gasteiger partial charge in [-0.15, -0.1) is 0 Å². The van der Waals surface area contributed by atoms with Gasteiger partial charge in [-0.1, -0.05) is 22.9 Å². The molecule has 2 heterocycles. The molecular weight excluding hydrogens is 310 g/mol. The van der Waals surface area contributed by atoms with Gasteiger partial charge in [0.15, 0.2) is 5.13 Å². The highest BCUT2D eigenvalue weighted by atomic mass is 35.5. The third kappa shape index (κ3) is 3.32. The molecule has 0 bridgehead atoms. The normalized spacial score (nSPS) is 10.9. The van der Waals surface area contributed by atoms with Gasteiger partial charge < -0.3 is 11.1 Å². The second-order valence-corrected chi connectivity index (χ2v) is 5.93. The Morgan fingerprint density at radius 2 is 2.33 bits per heavy atom. The van der Waals surface area contributed by atoms with E-state index in [1.165, 1.54) is 17.5 Å². The summed E-state index contributed by atoms with van der Waals surface area (Å²) in [6.45, 7) is 0.469. The minimum absolute atomic E-state index is 0.117. The summed E-state index contributed by atoms with van der Waals surface area (Å²) in [5, 5.41) is 7.92. The number of nitrogens with two attached hydrogens (primary N) is 1. The maximum Gasteiger partial charge on any atom is 0.228 e. The second-order valence-electron chi connectivity index (χ2n) is 4.47. The van der Waals surface area contributed by atoms with Crippen LogP contribution in [-0.2, 0) is 11.3 Å². The molecule has 0 radical (unpaired) electrons. The first-order chi connectivity index (χ1) is 10.1. The van der Waals surface area contributed by atoms with Crippen molar-refractivity contribution in [3.05, 3.63) is 35.6 Å². The molecule has 6 nitrogen and oxygen atoms in total. The van der Waals surface area contributed by atoms with E-state index in [0.717, 1.165) is 10.2 Å². The molecule has 0 unspecified atom stereocenters. The molecule has 1 amide bonds. The molecule has 0 aliphatic rings. The third-order valence-electron chi connectivity index (χ3n) is 2.83. The lowest BCUT2D eigenvalue weighted by Gasteiger charge is -2.01. The molecule has 3 N–H and O–H groups in total. The monoisotopic (exact) mass is 321 g/mol. The van der Waals surface area contributed by atoms with E-state index >= 15 is 0 Å². The van der Waals surface area contributed by atoms with Gasteiger partial charge in [0.05, 0.1) is 21.4 Å². The first-order valence-corrected chi connectivity index (χ1v) is 7.43. The minimum Gasteiger partial charge on any atom is -0.399 e. The van der Waals surface area contributed by atoms with E-state index in [1.807, 2.05) is 12.1 Å². The van der Waals surface area contributed by atoms with E-state index in [1.54, 1.807) is 16.9 Å². The maximum absolute atomic E-state index is 11.9. The Morgan fingerprint density at radius 1 is 1.48 bits per heavy atom. The van der Waals surface area contributed by atoms with Crippen LogP contribution in [0.4, 0.5) is 10.8 Å². The van der Waals surface area contributed by atoms with Gasteiger partial charge in [0, 0.05) is 24.8 Å². The number of rotatable bonds is 4. The van der Waals surface area contributed by atoms with E-state index in [-0.39, 0.29) is 5.91 Å². The molecule has 0 atom stereocenters. The van der Waals surface area contributed by atoms with Crippen molar-refractivity contribution in [1.82, 2.24) is 14.8 Å². The Kier molecular flexibility index (Phi) is 3.76. The predicted molar refractivity (Wildman–Crippen MR) is 84.5 cm³/mol. The van der Waals surface area contributed by atoms with Crippen LogP contribution in [0.15, 0.2) is 30.6 Å². The number of thiazole rings is 1. The fraction of sp³-hybridized carbons (Fsp3) is 0.154. The summed E-state index contributed by atoms with van der Waals surface area (Å²) in [5.41, 5.74) is 7.22. The maximum atomic E-state index is 11.9. The van der Waals surface area contributed by atoms with E-state index in [9.17, 15) is 4.79 Å². The van der Waals surface area contributed by atoms with Gasteiger partial charge in [0.25, 0.3) is 0 Å². The SMILES string of the molecule is Nc1ccc2nc(NC(=O)CCn3cc(Cl)cn3)sc2c1. The first-order valence-electron chi connectivity index (χ1n) is 6.24. The minimum atomic E-state index is -0.117. The quantitative estimate of drug-likeness (QED) is 0.723. The number of benzene rings is 1. The van der Waals surface area contributed by atoms with Crippen LogP contribution >= 0.6 is 22.9 Å². The number of anilines is 2. The molecular formula is C13H12ClN5OS. The highest BCUT2D eigenvalue weighted by Gasteiger charge is 2.08. The zero-order valence-corrected chi connectivity index (χ0v) is 12.5. The number of halogens is 1. The lowest BCUT2D eigenvalue weighted by molar-refractivity contribution is -0.116. The Labute approximate surface area is 129 Å². The van der Waals surface area contributed by atoms with Crippen molar-refractivity contribution in [2.45, 2.75) is 13.0 Å². The van der Waals surface area contributed by atoms with Gasteiger partial charge in [0.2, 0.25) is 5.91 Å². The van der Waals surface area contributed by atoms with Crippen LogP contribution in [0.5, 0.6) is 0 Å². The summed E-state index contributed by atoms with van der Waals surface area (Å²) in [6.07, 6.45) is 3.52. The van der Waals surface area contributed by atoms with Gasteiger partial charge >= 0.3 is 0 Å². The van der Waals surface area contributed by atoms with Gasteiger partial charge in [0.1, 0.15) is 0 Å². The number of nitrogens with one attached hydrogen (secondary N) is 1. The summed E-state index contributed by atoms with van der Waals surface area (Å²) >= 11 is 7.16. The average Bonchev–Trinajstić information content (AvgIpc) is 3.01. The molecule has 108 valence electrons. The smallest absolute Gasteiger partial charge is 0.228 e. The number of hydrogen-bond donors (Lipinski definition) is 2. The molecule has 0 aliphatic carbocycles. The topological polar surface area (TPSA) is 85.8 Å². The van der Waals surface area contributed by atoms with E-state index < -0.39 is 0 Å². The van der Waals surface area contributed by atoms with Crippen molar-refractivity contribution in [3.8, 4) is 0 Å². The van der Waals surface area contributed by atoms with Crippen LogP contribution in [0.3, 0.4) is 0 Å². The average molecular weight is 322 g/mol. The van der Waals surface area contributed by atoms with Gasteiger partial charge in [-0.2, -0.15) is 5.10 Å².